The van der Waals surface area contributed by atoms with Crippen molar-refractivity contribution in [1.29, 1.82) is 0 Å². The monoisotopic (exact) mass is 301 g/mol. The van der Waals surface area contributed by atoms with Crippen molar-refractivity contribution in [2.24, 2.45) is 0 Å². The van der Waals surface area contributed by atoms with Crippen molar-refractivity contribution in [2.75, 3.05) is 0 Å². The Morgan fingerprint density at radius 1 is 1.15 bits per heavy atom. The maximum Gasteiger partial charge on any atom is 0.327 e. The Morgan fingerprint density at radius 3 is 2.35 bits per heavy atom. The second-order valence-corrected chi connectivity index (χ2v) is 4.60. The van der Waals surface area contributed by atoms with Crippen LogP contribution < -0.4 is 16.2 Å². The van der Waals surface area contributed by atoms with Gasteiger partial charge in [-0.15, -0.1) is 0 Å². The molecule has 0 atom stereocenters. The topological polar surface area (TPSA) is 87.3 Å². The van der Waals surface area contributed by atoms with Crippen molar-refractivity contribution >= 4 is 29.3 Å². The molecule has 0 saturated heterocycles. The predicted octanol–water partition coefficient (Wildman–Crippen LogP) is 0.765. The zero-order valence-electron chi connectivity index (χ0n) is 10.8. The number of carbonyl (C=O) groups excluding carboxylic acids is 3. The molecule has 1 aromatic rings. The fourth-order valence-corrected chi connectivity index (χ4v) is 1.40. The summed E-state index contributed by atoms with van der Waals surface area (Å²) in [7, 11) is 0. The Kier molecular flexibility index (Phi) is 5.45. The van der Waals surface area contributed by atoms with Gasteiger partial charge in [0.2, 0.25) is 0 Å². The summed E-state index contributed by atoms with van der Waals surface area (Å²) in [6.45, 7) is 3.35. The second-order valence-electron chi connectivity index (χ2n) is 4.16. The first-order chi connectivity index (χ1) is 9.31. The molecule has 3 amide bonds. The Labute approximate surface area is 119 Å². The van der Waals surface area contributed by atoms with E-state index in [0.29, 0.717) is 0 Å². The van der Waals surface area contributed by atoms with E-state index in [1.165, 1.54) is 6.07 Å². The van der Waals surface area contributed by atoms with Crippen molar-refractivity contribution in [3.05, 3.63) is 34.6 Å². The maximum absolute atomic E-state index is 13.4. The molecule has 0 spiro atoms. The number of carbonyl (C=O) groups is 3. The number of nitrogens with one attached hydrogen (secondary N) is 3. The van der Waals surface area contributed by atoms with Crippen LogP contribution in [-0.4, -0.2) is 23.8 Å². The highest BCUT2D eigenvalue weighted by molar-refractivity contribution is 6.35. The molecule has 0 aromatic heterocycles. The average molecular weight is 302 g/mol. The van der Waals surface area contributed by atoms with E-state index in [1.54, 1.807) is 13.8 Å². The number of hydrazine groups is 1. The molecule has 0 aliphatic rings. The molecule has 0 aliphatic heterocycles. The van der Waals surface area contributed by atoms with Gasteiger partial charge in [-0.2, -0.15) is 0 Å². The molecule has 0 aliphatic carbocycles. The van der Waals surface area contributed by atoms with Crippen molar-refractivity contribution in [2.45, 2.75) is 19.9 Å². The standard InChI is InChI=1S/C12H13ClFN3O3/c1-6(2)15-11(19)12(20)17-16-10(18)8-4-3-7(13)5-9(8)14/h3-6H,1-2H3,(H,15,19)(H,16,18)(H,17,20). The lowest BCUT2D eigenvalue weighted by Crippen LogP contribution is -2.49. The molecule has 0 unspecified atom stereocenters. The number of benzene rings is 1. The van der Waals surface area contributed by atoms with Gasteiger partial charge in [-0.3, -0.25) is 25.2 Å². The van der Waals surface area contributed by atoms with Gasteiger partial charge in [-0.05, 0) is 32.0 Å². The lowest BCUT2D eigenvalue weighted by Gasteiger charge is -2.10. The summed E-state index contributed by atoms with van der Waals surface area (Å²) in [5.41, 5.74) is 3.50. The second kappa shape index (κ2) is 6.85. The van der Waals surface area contributed by atoms with E-state index in [4.69, 9.17) is 11.6 Å². The molecule has 0 bridgehead atoms. The van der Waals surface area contributed by atoms with Gasteiger partial charge in [0.25, 0.3) is 5.91 Å². The minimum atomic E-state index is -1.05. The minimum Gasteiger partial charge on any atom is -0.346 e. The molecule has 3 N–H and O–H groups in total. The first-order valence-corrected chi connectivity index (χ1v) is 6.05. The van der Waals surface area contributed by atoms with Gasteiger partial charge >= 0.3 is 11.8 Å². The third-order valence-electron chi connectivity index (χ3n) is 2.09. The molecular weight excluding hydrogens is 289 g/mol. The number of halogens is 2. The molecular formula is C12H13ClFN3O3. The molecule has 0 saturated carbocycles. The molecule has 20 heavy (non-hydrogen) atoms. The summed E-state index contributed by atoms with van der Waals surface area (Å²) in [6.07, 6.45) is 0. The summed E-state index contributed by atoms with van der Waals surface area (Å²) in [6, 6.07) is 3.22. The van der Waals surface area contributed by atoms with Gasteiger partial charge in [0.15, 0.2) is 0 Å². The highest BCUT2D eigenvalue weighted by Gasteiger charge is 2.17. The van der Waals surface area contributed by atoms with Crippen LogP contribution >= 0.6 is 11.6 Å². The Morgan fingerprint density at radius 2 is 1.80 bits per heavy atom. The molecule has 0 radical (unpaired) electrons. The molecule has 0 fully saturated rings. The highest BCUT2D eigenvalue weighted by atomic mass is 35.5. The smallest absolute Gasteiger partial charge is 0.327 e. The van der Waals surface area contributed by atoms with Gasteiger partial charge in [0.05, 0.1) is 5.56 Å². The highest BCUT2D eigenvalue weighted by Crippen LogP contribution is 2.14. The maximum atomic E-state index is 13.4. The molecule has 6 nitrogen and oxygen atoms in total. The Bertz CT molecular complexity index is 549. The molecule has 1 aromatic carbocycles. The van der Waals surface area contributed by atoms with Crippen LogP contribution in [0.15, 0.2) is 18.2 Å². The van der Waals surface area contributed by atoms with Crippen molar-refractivity contribution in [1.82, 2.24) is 16.2 Å². The number of rotatable bonds is 2. The zero-order valence-corrected chi connectivity index (χ0v) is 11.5. The van der Waals surface area contributed by atoms with E-state index >= 15 is 0 Å². The van der Waals surface area contributed by atoms with Gasteiger partial charge in [-0.25, -0.2) is 4.39 Å². The van der Waals surface area contributed by atoms with Crippen molar-refractivity contribution in [3.63, 3.8) is 0 Å². The van der Waals surface area contributed by atoms with Crippen LogP contribution in [0.2, 0.25) is 5.02 Å². The Balaban J connectivity index is 2.59. The SMILES string of the molecule is CC(C)NC(=O)C(=O)NNC(=O)c1ccc(Cl)cc1F. The summed E-state index contributed by atoms with van der Waals surface area (Å²) in [5.74, 6) is -3.70. The van der Waals surface area contributed by atoms with E-state index in [-0.39, 0.29) is 16.6 Å². The van der Waals surface area contributed by atoms with Gasteiger partial charge in [0.1, 0.15) is 5.82 Å². The summed E-state index contributed by atoms with van der Waals surface area (Å²) < 4.78 is 13.4. The molecule has 108 valence electrons. The van der Waals surface area contributed by atoms with Crippen LogP contribution in [0.25, 0.3) is 0 Å². The largest absolute Gasteiger partial charge is 0.346 e. The Hall–Kier alpha value is -2.15. The molecule has 0 heterocycles. The number of amides is 3. The fourth-order valence-electron chi connectivity index (χ4n) is 1.24. The van der Waals surface area contributed by atoms with E-state index in [1.807, 2.05) is 10.9 Å². The summed E-state index contributed by atoms with van der Waals surface area (Å²) in [4.78, 5) is 34.1. The first kappa shape index (κ1) is 15.9. The quantitative estimate of drug-likeness (QED) is 0.557. The van der Waals surface area contributed by atoms with E-state index in [0.717, 1.165) is 12.1 Å². The van der Waals surface area contributed by atoms with Gasteiger partial charge < -0.3 is 5.32 Å². The third kappa shape index (κ3) is 4.51. The minimum absolute atomic E-state index is 0.138. The zero-order chi connectivity index (χ0) is 15.3. The van der Waals surface area contributed by atoms with E-state index in [9.17, 15) is 18.8 Å². The van der Waals surface area contributed by atoms with Crippen molar-refractivity contribution < 1.29 is 18.8 Å². The van der Waals surface area contributed by atoms with Crippen LogP contribution in [0.4, 0.5) is 4.39 Å². The average Bonchev–Trinajstić information content (AvgIpc) is 2.34. The van der Waals surface area contributed by atoms with Crippen LogP contribution in [-0.2, 0) is 9.59 Å². The van der Waals surface area contributed by atoms with Crippen LogP contribution in [0, 0.1) is 5.82 Å². The number of hydrogen-bond donors (Lipinski definition) is 3. The number of hydrogen-bond acceptors (Lipinski definition) is 3. The third-order valence-corrected chi connectivity index (χ3v) is 2.33. The van der Waals surface area contributed by atoms with Crippen LogP contribution in [0.1, 0.15) is 24.2 Å². The first-order valence-electron chi connectivity index (χ1n) is 5.67. The van der Waals surface area contributed by atoms with Crippen LogP contribution in [0.3, 0.4) is 0 Å². The lowest BCUT2D eigenvalue weighted by molar-refractivity contribution is -0.139. The molecule has 8 heteroatoms. The van der Waals surface area contributed by atoms with Gasteiger partial charge in [0, 0.05) is 11.1 Å². The van der Waals surface area contributed by atoms with E-state index < -0.39 is 23.5 Å². The molecule has 1 rings (SSSR count). The van der Waals surface area contributed by atoms with Crippen LogP contribution in [0.5, 0.6) is 0 Å². The van der Waals surface area contributed by atoms with Gasteiger partial charge in [-0.1, -0.05) is 11.6 Å². The van der Waals surface area contributed by atoms with E-state index in [2.05, 4.69) is 5.32 Å². The summed E-state index contributed by atoms with van der Waals surface area (Å²) in [5, 5.41) is 2.47. The lowest BCUT2D eigenvalue weighted by atomic mass is 10.2. The fraction of sp³-hybridized carbons (Fsp3) is 0.250. The summed E-state index contributed by atoms with van der Waals surface area (Å²) >= 11 is 5.54. The predicted molar refractivity (Wildman–Crippen MR) is 70.3 cm³/mol. The normalized spacial score (nSPS) is 10.1. The van der Waals surface area contributed by atoms with Crippen molar-refractivity contribution in [3.8, 4) is 0 Å².